The van der Waals surface area contributed by atoms with Crippen LogP contribution >= 0.6 is 23.2 Å². The third kappa shape index (κ3) is 3.03. The number of carbonyl (C=O) groups excluding carboxylic acids is 1. The van der Waals surface area contributed by atoms with E-state index < -0.39 is 0 Å². The molecule has 3 rings (SSSR count). The zero-order valence-electron chi connectivity index (χ0n) is 13.2. The predicted molar refractivity (Wildman–Crippen MR) is 99.2 cm³/mol. The molecule has 1 N–H and O–H groups in total. The number of nitrogens with one attached hydrogen (secondary N) is 1. The molecule has 122 valence electrons. The monoisotopic (exact) mass is 359 g/mol. The first kappa shape index (κ1) is 16.6. The van der Waals surface area contributed by atoms with Crippen LogP contribution in [-0.2, 0) is 7.05 Å². The van der Waals surface area contributed by atoms with Crippen LogP contribution in [0.4, 0.5) is 0 Å². The number of halogens is 2. The molecule has 3 aromatic rings. The highest BCUT2D eigenvalue weighted by Gasteiger charge is 2.11. The number of aryl methyl sites for hydroxylation is 1. The highest BCUT2D eigenvalue weighted by atomic mass is 35.5. The maximum Gasteiger partial charge on any atom is 0.272 e. The second-order valence-electron chi connectivity index (χ2n) is 5.40. The van der Waals surface area contributed by atoms with Crippen molar-refractivity contribution in [2.24, 2.45) is 12.1 Å². The second kappa shape index (κ2) is 6.67. The number of para-hydroxylation sites is 1. The van der Waals surface area contributed by atoms with Crippen molar-refractivity contribution in [2.45, 2.75) is 6.92 Å². The predicted octanol–water partition coefficient (Wildman–Crippen LogP) is 4.56. The molecule has 1 amide bonds. The zero-order chi connectivity index (χ0) is 17.3. The van der Waals surface area contributed by atoms with Crippen LogP contribution in [-0.4, -0.2) is 16.7 Å². The number of hydrogen-bond acceptors (Lipinski definition) is 2. The molecule has 0 bridgehead atoms. The van der Waals surface area contributed by atoms with E-state index in [-0.39, 0.29) is 10.9 Å². The molecule has 0 unspecified atom stereocenters. The first-order chi connectivity index (χ1) is 11.5. The summed E-state index contributed by atoms with van der Waals surface area (Å²) in [6.45, 7) is 2.01. The number of rotatable bonds is 3. The van der Waals surface area contributed by atoms with Crippen LogP contribution in [0.3, 0.4) is 0 Å². The summed E-state index contributed by atoms with van der Waals surface area (Å²) in [5, 5.41) is 5.93. The van der Waals surface area contributed by atoms with Crippen LogP contribution in [0.2, 0.25) is 10.0 Å². The van der Waals surface area contributed by atoms with Crippen LogP contribution in [0, 0.1) is 6.92 Å². The Labute approximate surface area is 149 Å². The first-order valence-electron chi connectivity index (χ1n) is 7.31. The average molecular weight is 360 g/mol. The van der Waals surface area contributed by atoms with E-state index in [4.69, 9.17) is 23.2 Å². The van der Waals surface area contributed by atoms with Crippen molar-refractivity contribution in [3.05, 3.63) is 69.3 Å². The lowest BCUT2D eigenvalue weighted by molar-refractivity contribution is 0.0955. The molecule has 0 aliphatic rings. The summed E-state index contributed by atoms with van der Waals surface area (Å²) in [5.74, 6) is -0.384. The number of hydrazone groups is 1. The lowest BCUT2D eigenvalue weighted by Gasteiger charge is -2.03. The molecule has 4 nitrogen and oxygen atoms in total. The molecule has 0 aliphatic carbocycles. The molecule has 0 atom stereocenters. The van der Waals surface area contributed by atoms with Crippen LogP contribution in [0.15, 0.2) is 47.6 Å². The number of benzene rings is 2. The number of carbonyl (C=O) groups is 1. The first-order valence-corrected chi connectivity index (χ1v) is 8.07. The Bertz CT molecular complexity index is 960. The molecule has 0 radical (unpaired) electrons. The van der Waals surface area contributed by atoms with E-state index in [0.29, 0.717) is 10.6 Å². The van der Waals surface area contributed by atoms with Crippen molar-refractivity contribution in [3.63, 3.8) is 0 Å². The van der Waals surface area contributed by atoms with E-state index in [9.17, 15) is 4.79 Å². The summed E-state index contributed by atoms with van der Waals surface area (Å²) in [7, 11) is 2.00. The van der Waals surface area contributed by atoms with Crippen molar-refractivity contribution in [1.82, 2.24) is 9.99 Å². The van der Waals surface area contributed by atoms with E-state index in [0.717, 1.165) is 22.2 Å². The minimum absolute atomic E-state index is 0.288. The van der Waals surface area contributed by atoms with E-state index >= 15 is 0 Å². The standard InChI is InChI=1S/C18H15Cl2N3O/c1-11-15(13-5-3-4-6-17(13)23(11)2)10-21-22-18(24)14-8-7-12(19)9-16(14)20/h3-10H,1-2H3,(H,22,24)/b21-10+. The lowest BCUT2D eigenvalue weighted by Crippen LogP contribution is -2.18. The fourth-order valence-corrected chi connectivity index (χ4v) is 3.10. The Hall–Kier alpha value is -2.30. The molecule has 0 saturated carbocycles. The molecule has 1 heterocycles. The third-order valence-corrected chi connectivity index (χ3v) is 4.53. The summed E-state index contributed by atoms with van der Waals surface area (Å²) in [6, 6.07) is 12.8. The molecular formula is C18H15Cl2N3O. The van der Waals surface area contributed by atoms with Gasteiger partial charge in [0.2, 0.25) is 0 Å². The largest absolute Gasteiger partial charge is 0.347 e. The molecule has 0 aliphatic heterocycles. The van der Waals surface area contributed by atoms with Gasteiger partial charge in [0.1, 0.15) is 0 Å². The molecule has 0 spiro atoms. The molecule has 2 aromatic carbocycles. The normalized spacial score (nSPS) is 11.3. The van der Waals surface area contributed by atoms with Crippen molar-refractivity contribution in [1.29, 1.82) is 0 Å². The van der Waals surface area contributed by atoms with Gasteiger partial charge in [-0.1, -0.05) is 41.4 Å². The van der Waals surface area contributed by atoms with Crippen LogP contribution in [0.25, 0.3) is 10.9 Å². The SMILES string of the molecule is Cc1c(/C=N/NC(=O)c2ccc(Cl)cc2Cl)c2ccccc2n1C. The van der Waals surface area contributed by atoms with Gasteiger partial charge in [0, 0.05) is 34.2 Å². The number of amides is 1. The van der Waals surface area contributed by atoms with E-state index in [2.05, 4.69) is 15.1 Å². The molecule has 24 heavy (non-hydrogen) atoms. The van der Waals surface area contributed by atoms with Gasteiger partial charge in [-0.3, -0.25) is 4.79 Å². The van der Waals surface area contributed by atoms with Crippen LogP contribution < -0.4 is 5.43 Å². The minimum atomic E-state index is -0.384. The number of fused-ring (bicyclic) bond motifs is 1. The van der Waals surface area contributed by atoms with E-state index in [1.807, 2.05) is 38.2 Å². The summed E-state index contributed by atoms with van der Waals surface area (Å²) in [4.78, 5) is 12.2. The van der Waals surface area contributed by atoms with Gasteiger partial charge in [0.05, 0.1) is 16.8 Å². The Kier molecular flexibility index (Phi) is 4.60. The third-order valence-electron chi connectivity index (χ3n) is 3.98. The molecule has 0 fully saturated rings. The Morgan fingerprint density at radius 2 is 1.96 bits per heavy atom. The summed E-state index contributed by atoms with van der Waals surface area (Å²) >= 11 is 11.9. The number of nitrogens with zero attached hydrogens (tertiary/aromatic N) is 2. The molecule has 6 heteroatoms. The van der Waals surface area contributed by atoms with Gasteiger partial charge < -0.3 is 4.57 Å². The maximum atomic E-state index is 12.2. The van der Waals surface area contributed by atoms with Gasteiger partial charge in [-0.25, -0.2) is 5.43 Å². The zero-order valence-corrected chi connectivity index (χ0v) is 14.7. The Morgan fingerprint density at radius 3 is 2.71 bits per heavy atom. The maximum absolute atomic E-state index is 12.2. The fraction of sp³-hybridized carbons (Fsp3) is 0.111. The summed E-state index contributed by atoms with van der Waals surface area (Å²) in [6.07, 6.45) is 1.65. The lowest BCUT2D eigenvalue weighted by atomic mass is 10.1. The molecular weight excluding hydrogens is 345 g/mol. The van der Waals surface area contributed by atoms with Crippen LogP contribution in [0.5, 0.6) is 0 Å². The van der Waals surface area contributed by atoms with Crippen molar-refractivity contribution in [3.8, 4) is 0 Å². The quantitative estimate of drug-likeness (QED) is 0.540. The van der Waals surface area contributed by atoms with E-state index in [1.165, 1.54) is 6.07 Å². The Morgan fingerprint density at radius 1 is 1.21 bits per heavy atom. The van der Waals surface area contributed by atoms with Gasteiger partial charge in [0.15, 0.2) is 0 Å². The topological polar surface area (TPSA) is 46.4 Å². The van der Waals surface area contributed by atoms with Crippen molar-refractivity contribution >= 4 is 46.2 Å². The van der Waals surface area contributed by atoms with Gasteiger partial charge >= 0.3 is 0 Å². The molecule has 1 aromatic heterocycles. The average Bonchev–Trinajstić information content (AvgIpc) is 2.80. The highest BCUT2D eigenvalue weighted by molar-refractivity contribution is 6.36. The minimum Gasteiger partial charge on any atom is -0.347 e. The number of hydrogen-bond donors (Lipinski definition) is 1. The van der Waals surface area contributed by atoms with E-state index in [1.54, 1.807) is 18.3 Å². The number of aromatic nitrogens is 1. The van der Waals surface area contributed by atoms with Crippen molar-refractivity contribution < 1.29 is 4.79 Å². The molecule has 0 saturated heterocycles. The second-order valence-corrected chi connectivity index (χ2v) is 6.24. The summed E-state index contributed by atoms with van der Waals surface area (Å²) in [5.41, 5.74) is 5.98. The smallest absolute Gasteiger partial charge is 0.272 e. The Balaban J connectivity index is 1.85. The highest BCUT2D eigenvalue weighted by Crippen LogP contribution is 2.23. The van der Waals surface area contributed by atoms with Gasteiger partial charge in [-0.2, -0.15) is 5.10 Å². The van der Waals surface area contributed by atoms with Gasteiger partial charge in [-0.05, 0) is 31.2 Å². The fourth-order valence-electron chi connectivity index (χ4n) is 2.60. The van der Waals surface area contributed by atoms with Gasteiger partial charge in [0.25, 0.3) is 5.91 Å². The summed E-state index contributed by atoms with van der Waals surface area (Å²) < 4.78 is 2.09. The van der Waals surface area contributed by atoms with Gasteiger partial charge in [-0.15, -0.1) is 0 Å². The van der Waals surface area contributed by atoms with Crippen molar-refractivity contribution in [2.75, 3.05) is 0 Å². The van der Waals surface area contributed by atoms with Crippen LogP contribution in [0.1, 0.15) is 21.6 Å².